The van der Waals surface area contributed by atoms with E-state index in [4.69, 9.17) is 4.74 Å². The molecule has 0 unspecified atom stereocenters. The number of guanidine groups is 1. The van der Waals surface area contributed by atoms with Crippen molar-refractivity contribution in [3.05, 3.63) is 41.3 Å². The van der Waals surface area contributed by atoms with Gasteiger partial charge in [0.15, 0.2) is 5.96 Å². The van der Waals surface area contributed by atoms with Gasteiger partial charge < -0.3 is 15.4 Å². The topological polar surface area (TPSA) is 48.9 Å². The van der Waals surface area contributed by atoms with Crippen molar-refractivity contribution in [2.75, 3.05) is 44.7 Å². The normalized spacial score (nSPS) is 18.2. The Balaban J connectivity index is 1.40. The maximum Gasteiger partial charge on any atom is 0.195 e. The summed E-state index contributed by atoms with van der Waals surface area (Å²) in [6.45, 7) is 6.55. The summed E-state index contributed by atoms with van der Waals surface area (Å²) in [4.78, 5) is 8.13. The molecule has 0 spiro atoms. The molecule has 0 radical (unpaired) electrons. The maximum atomic E-state index is 5.41. The van der Waals surface area contributed by atoms with Crippen LogP contribution in [0.5, 0.6) is 0 Å². The molecule has 24 heavy (non-hydrogen) atoms. The Labute approximate surface area is 146 Å². The summed E-state index contributed by atoms with van der Waals surface area (Å²) in [7, 11) is 0. The van der Waals surface area contributed by atoms with E-state index in [2.05, 4.69) is 56.2 Å². The fraction of sp³-hybridized carbons (Fsp3) is 0.389. The molecular weight excluding hydrogens is 320 g/mol. The van der Waals surface area contributed by atoms with E-state index in [1.165, 1.54) is 16.0 Å². The van der Waals surface area contributed by atoms with Gasteiger partial charge in [0.25, 0.3) is 0 Å². The quantitative estimate of drug-likeness (QED) is 0.897. The molecule has 5 nitrogen and oxygen atoms in total. The third kappa shape index (κ3) is 3.77. The molecule has 1 aromatic carbocycles. The van der Waals surface area contributed by atoms with Crippen molar-refractivity contribution < 1.29 is 4.74 Å². The zero-order valence-corrected chi connectivity index (χ0v) is 14.4. The number of nitrogens with zero attached hydrogens (tertiary/aromatic N) is 2. The first-order chi connectivity index (χ1) is 11.9. The number of aliphatic imine (C=N–C) groups is 1. The van der Waals surface area contributed by atoms with Crippen molar-refractivity contribution in [1.82, 2.24) is 10.2 Å². The number of thiophene rings is 1. The average molecular weight is 342 g/mol. The van der Waals surface area contributed by atoms with Crippen molar-refractivity contribution in [2.45, 2.75) is 6.54 Å². The highest BCUT2D eigenvalue weighted by atomic mass is 32.1. The molecule has 0 amide bonds. The molecule has 2 aliphatic heterocycles. The van der Waals surface area contributed by atoms with Gasteiger partial charge in [0, 0.05) is 36.7 Å². The summed E-state index contributed by atoms with van der Waals surface area (Å²) in [5, 5.41) is 8.80. The second kappa shape index (κ2) is 7.34. The molecule has 2 N–H and O–H groups in total. The van der Waals surface area contributed by atoms with Gasteiger partial charge in [-0.3, -0.25) is 9.89 Å². The van der Waals surface area contributed by atoms with Crippen LogP contribution < -0.4 is 10.6 Å². The lowest BCUT2D eigenvalue weighted by atomic mass is 10.1. The number of benzene rings is 1. The van der Waals surface area contributed by atoms with Crippen LogP contribution in [0.3, 0.4) is 0 Å². The molecule has 2 aromatic rings. The average Bonchev–Trinajstić information content (AvgIpc) is 3.29. The van der Waals surface area contributed by atoms with Gasteiger partial charge in [0.1, 0.15) is 0 Å². The van der Waals surface area contributed by atoms with E-state index < -0.39 is 0 Å². The van der Waals surface area contributed by atoms with Crippen LogP contribution in [0.4, 0.5) is 5.69 Å². The molecule has 126 valence electrons. The Kier molecular flexibility index (Phi) is 4.78. The molecule has 1 aromatic heterocycles. The summed E-state index contributed by atoms with van der Waals surface area (Å²) >= 11 is 1.82. The molecule has 6 heteroatoms. The van der Waals surface area contributed by atoms with Gasteiger partial charge in [-0.05, 0) is 34.7 Å². The number of ether oxygens (including phenoxy) is 1. The highest BCUT2D eigenvalue weighted by molar-refractivity contribution is 7.13. The summed E-state index contributed by atoms with van der Waals surface area (Å²) in [5.41, 5.74) is 3.72. The molecule has 1 saturated heterocycles. The van der Waals surface area contributed by atoms with Crippen LogP contribution in [-0.2, 0) is 11.3 Å². The number of anilines is 1. The van der Waals surface area contributed by atoms with Crippen LogP contribution in [0, 0.1) is 0 Å². The zero-order valence-electron chi connectivity index (χ0n) is 13.6. The molecule has 0 bridgehead atoms. The number of hydrogen-bond acceptors (Lipinski definition) is 6. The Hall–Kier alpha value is -1.89. The molecule has 0 saturated carbocycles. The Morgan fingerprint density at radius 3 is 2.79 bits per heavy atom. The first-order valence-electron chi connectivity index (χ1n) is 8.40. The van der Waals surface area contributed by atoms with E-state index in [-0.39, 0.29) is 0 Å². The standard InChI is InChI=1S/C18H22N4OS/c1-3-16(21-18-19-5-6-20-18)4-2-15(1)17-11-14(13-24-17)12-22-7-9-23-10-8-22/h1-4,11,13H,5-10,12H2,(H2,19,20,21). The van der Waals surface area contributed by atoms with Crippen molar-refractivity contribution in [3.63, 3.8) is 0 Å². The third-order valence-corrected chi connectivity index (χ3v) is 5.30. The Bertz CT molecular complexity index is 704. The van der Waals surface area contributed by atoms with Crippen molar-refractivity contribution in [1.29, 1.82) is 0 Å². The fourth-order valence-electron chi connectivity index (χ4n) is 2.96. The summed E-state index contributed by atoms with van der Waals surface area (Å²) in [5.74, 6) is 0.867. The van der Waals surface area contributed by atoms with E-state index in [1.807, 2.05) is 11.3 Å². The molecule has 2 aliphatic rings. The van der Waals surface area contributed by atoms with Crippen molar-refractivity contribution >= 4 is 23.0 Å². The second-order valence-electron chi connectivity index (χ2n) is 6.07. The molecule has 3 heterocycles. The molecular formula is C18H22N4OS. The predicted octanol–water partition coefficient (Wildman–Crippen LogP) is 2.62. The molecule has 1 fully saturated rings. The van der Waals surface area contributed by atoms with Gasteiger partial charge in [0.2, 0.25) is 0 Å². The number of hydrogen-bond donors (Lipinski definition) is 2. The number of rotatable bonds is 4. The number of nitrogens with one attached hydrogen (secondary N) is 2. The van der Waals surface area contributed by atoms with Gasteiger partial charge >= 0.3 is 0 Å². The van der Waals surface area contributed by atoms with E-state index >= 15 is 0 Å². The molecule has 0 aliphatic carbocycles. The highest BCUT2D eigenvalue weighted by Gasteiger charge is 2.12. The molecule has 0 atom stereocenters. The zero-order chi connectivity index (χ0) is 16.2. The lowest BCUT2D eigenvalue weighted by molar-refractivity contribution is 0.0342. The number of morpholine rings is 1. The van der Waals surface area contributed by atoms with Crippen LogP contribution in [0.2, 0.25) is 0 Å². The van der Waals surface area contributed by atoms with Crippen LogP contribution >= 0.6 is 11.3 Å². The highest BCUT2D eigenvalue weighted by Crippen LogP contribution is 2.29. The largest absolute Gasteiger partial charge is 0.379 e. The van der Waals surface area contributed by atoms with E-state index in [1.54, 1.807) is 0 Å². The summed E-state index contributed by atoms with van der Waals surface area (Å²) < 4.78 is 5.41. The van der Waals surface area contributed by atoms with E-state index in [9.17, 15) is 0 Å². The van der Waals surface area contributed by atoms with Crippen molar-refractivity contribution in [3.8, 4) is 10.4 Å². The van der Waals surface area contributed by atoms with E-state index in [0.717, 1.165) is 57.6 Å². The lowest BCUT2D eigenvalue weighted by Gasteiger charge is -2.26. The van der Waals surface area contributed by atoms with Crippen LogP contribution in [0.1, 0.15) is 5.56 Å². The van der Waals surface area contributed by atoms with Crippen LogP contribution in [0.25, 0.3) is 10.4 Å². The third-order valence-electron chi connectivity index (χ3n) is 4.27. The summed E-state index contributed by atoms with van der Waals surface area (Å²) in [6, 6.07) is 10.9. The van der Waals surface area contributed by atoms with Gasteiger partial charge in [0.05, 0.1) is 19.8 Å². The van der Waals surface area contributed by atoms with Gasteiger partial charge in [-0.25, -0.2) is 0 Å². The van der Waals surface area contributed by atoms with Crippen molar-refractivity contribution in [2.24, 2.45) is 4.99 Å². The van der Waals surface area contributed by atoms with Crippen LogP contribution in [-0.4, -0.2) is 50.3 Å². The predicted molar refractivity (Wildman–Crippen MR) is 99.8 cm³/mol. The Morgan fingerprint density at radius 2 is 2.04 bits per heavy atom. The fourth-order valence-corrected chi connectivity index (χ4v) is 3.88. The second-order valence-corrected chi connectivity index (χ2v) is 6.98. The van der Waals surface area contributed by atoms with Crippen LogP contribution in [0.15, 0.2) is 40.7 Å². The van der Waals surface area contributed by atoms with Gasteiger partial charge in [-0.2, -0.15) is 0 Å². The molecule has 4 rings (SSSR count). The first kappa shape index (κ1) is 15.6. The first-order valence-corrected chi connectivity index (χ1v) is 9.28. The van der Waals surface area contributed by atoms with E-state index in [0.29, 0.717) is 0 Å². The van der Waals surface area contributed by atoms with Gasteiger partial charge in [-0.1, -0.05) is 12.1 Å². The minimum Gasteiger partial charge on any atom is -0.379 e. The minimum absolute atomic E-state index is 0.849. The SMILES string of the molecule is c1sc(-c2ccc(NC3=NCCN3)cc2)cc1CN1CCOCC1. The monoisotopic (exact) mass is 342 g/mol. The summed E-state index contributed by atoms with van der Waals surface area (Å²) in [6.07, 6.45) is 0. The maximum absolute atomic E-state index is 5.41. The Morgan fingerprint density at radius 1 is 1.21 bits per heavy atom. The lowest BCUT2D eigenvalue weighted by Crippen LogP contribution is -2.35. The van der Waals surface area contributed by atoms with Gasteiger partial charge in [-0.15, -0.1) is 11.3 Å². The smallest absolute Gasteiger partial charge is 0.195 e. The minimum atomic E-state index is 0.849.